The molecule has 0 aliphatic carbocycles. The zero-order chi connectivity index (χ0) is 9.80. The molecule has 0 aromatic carbocycles. The SMILES string of the molecule is N#CCc1nc(N2CCOCC2)no1. The molecule has 14 heavy (non-hydrogen) atoms. The van der Waals surface area contributed by atoms with Gasteiger partial charge >= 0.3 is 0 Å². The van der Waals surface area contributed by atoms with E-state index in [1.165, 1.54) is 0 Å². The van der Waals surface area contributed by atoms with Crippen molar-refractivity contribution in [2.45, 2.75) is 6.42 Å². The van der Waals surface area contributed by atoms with Gasteiger partial charge in [-0.15, -0.1) is 0 Å². The monoisotopic (exact) mass is 194 g/mol. The van der Waals surface area contributed by atoms with E-state index < -0.39 is 0 Å². The van der Waals surface area contributed by atoms with E-state index in [1.807, 2.05) is 11.0 Å². The zero-order valence-corrected chi connectivity index (χ0v) is 7.64. The summed E-state index contributed by atoms with van der Waals surface area (Å²) in [6.07, 6.45) is 0.164. The van der Waals surface area contributed by atoms with Gasteiger partial charge in [-0.1, -0.05) is 0 Å². The molecular weight excluding hydrogens is 184 g/mol. The predicted molar refractivity (Wildman–Crippen MR) is 46.6 cm³/mol. The second-order valence-corrected chi connectivity index (χ2v) is 2.92. The van der Waals surface area contributed by atoms with Crippen LogP contribution in [-0.2, 0) is 11.2 Å². The van der Waals surface area contributed by atoms with Crippen molar-refractivity contribution in [2.75, 3.05) is 31.2 Å². The average molecular weight is 194 g/mol. The highest BCUT2D eigenvalue weighted by molar-refractivity contribution is 5.28. The van der Waals surface area contributed by atoms with Crippen molar-refractivity contribution in [2.24, 2.45) is 0 Å². The molecule has 1 saturated heterocycles. The van der Waals surface area contributed by atoms with Gasteiger partial charge in [0.05, 0.1) is 19.3 Å². The highest BCUT2D eigenvalue weighted by atomic mass is 16.5. The van der Waals surface area contributed by atoms with Gasteiger partial charge in [0.25, 0.3) is 5.95 Å². The first-order valence-electron chi connectivity index (χ1n) is 4.42. The minimum absolute atomic E-state index is 0.164. The standard InChI is InChI=1S/C8H10N4O2/c9-2-1-7-10-8(11-14-7)12-3-5-13-6-4-12/h1,3-6H2. The van der Waals surface area contributed by atoms with Gasteiger partial charge in [-0.05, 0) is 5.16 Å². The van der Waals surface area contributed by atoms with Crippen molar-refractivity contribution in [1.82, 2.24) is 10.1 Å². The van der Waals surface area contributed by atoms with Crippen LogP contribution in [0.5, 0.6) is 0 Å². The lowest BCUT2D eigenvalue weighted by Crippen LogP contribution is -2.36. The molecule has 0 spiro atoms. The van der Waals surface area contributed by atoms with E-state index >= 15 is 0 Å². The topological polar surface area (TPSA) is 75.2 Å². The fourth-order valence-electron chi connectivity index (χ4n) is 1.28. The Balaban J connectivity index is 2.04. The number of morpholine rings is 1. The molecule has 0 saturated carbocycles. The lowest BCUT2D eigenvalue weighted by Gasteiger charge is -2.24. The number of rotatable bonds is 2. The molecule has 1 aromatic rings. The smallest absolute Gasteiger partial charge is 0.266 e. The Hall–Kier alpha value is -1.61. The number of nitriles is 1. The second kappa shape index (κ2) is 4.07. The van der Waals surface area contributed by atoms with Gasteiger partial charge in [-0.2, -0.15) is 10.2 Å². The highest BCUT2D eigenvalue weighted by Crippen LogP contribution is 2.10. The Labute approximate surface area is 81.1 Å². The molecule has 74 valence electrons. The van der Waals surface area contributed by atoms with Gasteiger partial charge in [0.1, 0.15) is 6.42 Å². The van der Waals surface area contributed by atoms with Gasteiger partial charge < -0.3 is 14.2 Å². The first-order valence-corrected chi connectivity index (χ1v) is 4.42. The second-order valence-electron chi connectivity index (χ2n) is 2.92. The molecule has 6 nitrogen and oxygen atoms in total. The lowest BCUT2D eigenvalue weighted by atomic mass is 10.4. The van der Waals surface area contributed by atoms with Crippen LogP contribution < -0.4 is 4.90 Å². The molecule has 1 aromatic heterocycles. The minimum atomic E-state index is 0.164. The van der Waals surface area contributed by atoms with E-state index in [9.17, 15) is 0 Å². The fraction of sp³-hybridized carbons (Fsp3) is 0.625. The Bertz CT molecular complexity index is 337. The molecule has 2 rings (SSSR count). The predicted octanol–water partition coefficient (Wildman–Crippen LogP) is -0.0277. The van der Waals surface area contributed by atoms with Gasteiger partial charge in [-0.3, -0.25) is 0 Å². The molecule has 0 radical (unpaired) electrons. The summed E-state index contributed by atoms with van der Waals surface area (Å²) in [5.74, 6) is 0.924. The third-order valence-electron chi connectivity index (χ3n) is 1.98. The number of anilines is 1. The highest BCUT2D eigenvalue weighted by Gasteiger charge is 2.16. The number of ether oxygens (including phenoxy) is 1. The van der Waals surface area contributed by atoms with E-state index in [0.29, 0.717) is 25.1 Å². The molecular formula is C8H10N4O2. The van der Waals surface area contributed by atoms with Crippen molar-refractivity contribution < 1.29 is 9.26 Å². The van der Waals surface area contributed by atoms with Crippen LogP contribution in [0, 0.1) is 11.3 Å². The summed E-state index contributed by atoms with van der Waals surface area (Å²) in [4.78, 5) is 6.07. The largest absolute Gasteiger partial charge is 0.378 e. The number of aromatic nitrogens is 2. The quantitative estimate of drug-likeness (QED) is 0.658. The van der Waals surface area contributed by atoms with Crippen LogP contribution in [0.3, 0.4) is 0 Å². The number of hydrogen-bond donors (Lipinski definition) is 0. The van der Waals surface area contributed by atoms with Gasteiger partial charge in [0.2, 0.25) is 5.89 Å². The average Bonchev–Trinajstić information content (AvgIpc) is 2.68. The van der Waals surface area contributed by atoms with Crippen molar-refractivity contribution >= 4 is 5.95 Å². The van der Waals surface area contributed by atoms with Crippen LogP contribution in [0.15, 0.2) is 4.52 Å². The maximum atomic E-state index is 8.43. The Morgan fingerprint density at radius 1 is 1.43 bits per heavy atom. The molecule has 0 atom stereocenters. The molecule has 0 amide bonds. The third kappa shape index (κ3) is 1.83. The normalized spacial score (nSPS) is 16.6. The van der Waals surface area contributed by atoms with Gasteiger partial charge in [-0.25, -0.2) is 0 Å². The molecule has 1 aliphatic heterocycles. The van der Waals surface area contributed by atoms with Crippen LogP contribution in [0.25, 0.3) is 0 Å². The summed E-state index contributed by atoms with van der Waals surface area (Å²) in [6, 6.07) is 1.96. The molecule has 1 aliphatic rings. The maximum absolute atomic E-state index is 8.43. The zero-order valence-electron chi connectivity index (χ0n) is 7.64. The third-order valence-corrected chi connectivity index (χ3v) is 1.98. The van der Waals surface area contributed by atoms with E-state index in [0.717, 1.165) is 13.1 Å². The van der Waals surface area contributed by atoms with Crippen molar-refractivity contribution in [1.29, 1.82) is 5.26 Å². The van der Waals surface area contributed by atoms with Crippen LogP contribution in [0.4, 0.5) is 5.95 Å². The fourth-order valence-corrected chi connectivity index (χ4v) is 1.28. The first-order chi connectivity index (χ1) is 6.90. The molecule has 0 bridgehead atoms. The molecule has 6 heteroatoms. The number of hydrogen-bond acceptors (Lipinski definition) is 6. The summed E-state index contributed by atoms with van der Waals surface area (Å²) in [5.41, 5.74) is 0. The van der Waals surface area contributed by atoms with Crippen LogP contribution in [0.1, 0.15) is 5.89 Å². The minimum Gasteiger partial charge on any atom is -0.378 e. The summed E-state index contributed by atoms with van der Waals surface area (Å²) < 4.78 is 10.1. The van der Waals surface area contributed by atoms with Gasteiger partial charge in [0, 0.05) is 13.1 Å². The first kappa shape index (κ1) is 8.97. The van der Waals surface area contributed by atoms with Crippen LogP contribution in [-0.4, -0.2) is 36.4 Å². The van der Waals surface area contributed by atoms with Crippen molar-refractivity contribution in [3.63, 3.8) is 0 Å². The van der Waals surface area contributed by atoms with E-state index in [-0.39, 0.29) is 6.42 Å². The Morgan fingerprint density at radius 3 is 2.93 bits per heavy atom. The molecule has 2 heterocycles. The Kier molecular flexibility index (Phi) is 2.60. The molecule has 1 fully saturated rings. The van der Waals surface area contributed by atoms with E-state index in [1.54, 1.807) is 0 Å². The van der Waals surface area contributed by atoms with Crippen LogP contribution in [0.2, 0.25) is 0 Å². The van der Waals surface area contributed by atoms with Gasteiger partial charge in [0.15, 0.2) is 0 Å². The van der Waals surface area contributed by atoms with Crippen molar-refractivity contribution in [3.05, 3.63) is 5.89 Å². The maximum Gasteiger partial charge on any atom is 0.266 e. The summed E-state index contributed by atoms with van der Waals surface area (Å²) in [6.45, 7) is 2.90. The lowest BCUT2D eigenvalue weighted by molar-refractivity contribution is 0.121. The summed E-state index contributed by atoms with van der Waals surface area (Å²) in [5, 5.41) is 12.2. The van der Waals surface area contributed by atoms with Crippen molar-refractivity contribution in [3.8, 4) is 6.07 Å². The van der Waals surface area contributed by atoms with E-state index in [2.05, 4.69) is 10.1 Å². The summed E-state index contributed by atoms with van der Waals surface area (Å²) >= 11 is 0. The number of nitrogens with zero attached hydrogens (tertiary/aromatic N) is 4. The Morgan fingerprint density at radius 2 is 2.21 bits per heavy atom. The van der Waals surface area contributed by atoms with E-state index in [4.69, 9.17) is 14.5 Å². The summed E-state index contributed by atoms with van der Waals surface area (Å²) in [7, 11) is 0. The molecule has 0 N–H and O–H groups in total. The van der Waals surface area contributed by atoms with Crippen LogP contribution >= 0.6 is 0 Å². The molecule has 0 unspecified atom stereocenters.